The highest BCUT2D eigenvalue weighted by Crippen LogP contribution is 1.93. The molecule has 0 spiro atoms. The average molecular weight is 163 g/mol. The fourth-order valence-corrected chi connectivity index (χ4v) is 0. The van der Waals surface area contributed by atoms with Crippen molar-refractivity contribution in [1.82, 2.24) is 0 Å². The van der Waals surface area contributed by atoms with Crippen molar-refractivity contribution >= 4 is 17.0 Å². The average Bonchev–Trinajstić information content (AvgIpc) is 1.38. The van der Waals surface area contributed by atoms with Crippen LogP contribution in [0.2, 0.25) is 0 Å². The van der Waals surface area contributed by atoms with E-state index in [4.69, 9.17) is 0 Å². The van der Waals surface area contributed by atoms with Crippen LogP contribution in [0.1, 0.15) is 0 Å². The van der Waals surface area contributed by atoms with Crippen LogP contribution in [0, 0.1) is 0 Å². The molecule has 0 aromatic carbocycles. The number of hydrogen-bond donors (Lipinski definition) is 0. The summed E-state index contributed by atoms with van der Waals surface area (Å²) in [6.45, 7) is 0. The molecule has 0 aliphatic carbocycles. The normalized spacial score (nSPS) is 5.83. The Hall–Kier alpha value is 0.01000. The molecule has 0 aromatic heterocycles. The maximum atomic E-state index is 10.2. The molecule has 0 heterocycles. The number of halogens is 4. The molecule has 0 aliphatic heterocycles. The first-order valence-electron chi connectivity index (χ1n) is 0.885. The molecule has 0 saturated carbocycles. The van der Waals surface area contributed by atoms with E-state index in [0.717, 1.165) is 0 Å². The van der Waals surface area contributed by atoms with Gasteiger partial charge in [-0.3, -0.25) is 0 Å². The van der Waals surface area contributed by atoms with Gasteiger partial charge in [-0.05, 0) is 0 Å². The molecule has 0 radical (unpaired) electrons. The lowest BCUT2D eigenvalue weighted by atomic mass is 11.1. The van der Waals surface area contributed by atoms with Crippen LogP contribution in [-0.2, 0) is 0 Å². The zero-order chi connectivity index (χ0) is 4.28. The monoisotopic (exact) mass is 162 g/mol. The van der Waals surface area contributed by atoms with E-state index in [9.17, 15) is 13.2 Å². The highest BCUT2D eigenvalue weighted by Gasteiger charge is 1.78. The Morgan fingerprint density at radius 2 is 1.50 bits per heavy atom. The Labute approximate surface area is 43.4 Å². The van der Waals surface area contributed by atoms with Crippen molar-refractivity contribution in [2.24, 2.45) is 0 Å². The summed E-state index contributed by atoms with van der Waals surface area (Å²) in [5, 5.41) is 0. The van der Waals surface area contributed by atoms with Crippen LogP contribution in [0.3, 0.4) is 0 Å². The van der Waals surface area contributed by atoms with Crippen LogP contribution in [0.4, 0.5) is 13.2 Å². The van der Waals surface area contributed by atoms with Crippen molar-refractivity contribution in [3.8, 4) is 0 Å². The molecule has 38 valence electrons. The maximum Gasteiger partial charge on any atom is 0.298 e. The fraction of sp³-hybridized carbons (Fsp3) is 0. The van der Waals surface area contributed by atoms with E-state index < -0.39 is 12.4 Å². The van der Waals surface area contributed by atoms with Crippen LogP contribution in [0.25, 0.3) is 0 Å². The van der Waals surface area contributed by atoms with Crippen molar-refractivity contribution in [3.63, 3.8) is 0 Å². The third kappa shape index (κ3) is 8.99. The van der Waals surface area contributed by atoms with Gasteiger partial charge in [-0.2, -0.15) is 8.78 Å². The van der Waals surface area contributed by atoms with Gasteiger partial charge in [-0.15, -0.1) is 17.0 Å². The predicted molar refractivity (Wildman–Crippen MR) is 21.7 cm³/mol. The van der Waals surface area contributed by atoms with Crippen LogP contribution >= 0.6 is 17.0 Å². The first-order valence-corrected chi connectivity index (χ1v) is 0.885. The zero-order valence-corrected chi connectivity index (χ0v) is 4.33. The summed E-state index contributed by atoms with van der Waals surface area (Å²) in [5.41, 5.74) is 0. The Morgan fingerprint density at radius 3 is 1.50 bits per heavy atom. The van der Waals surface area contributed by atoms with Crippen LogP contribution in [-0.4, -0.2) is 0 Å². The molecule has 0 N–H and O–H groups in total. The Kier molecular flexibility index (Phi) is 7.83. The number of hydrogen-bond acceptors (Lipinski definition) is 0. The van der Waals surface area contributed by atoms with Crippen molar-refractivity contribution in [2.45, 2.75) is 0 Å². The summed E-state index contributed by atoms with van der Waals surface area (Å²) in [6, 6.07) is 0. The standard InChI is InChI=1S/C2HF3.BrH/c3-1-2(4)5;/h1H;1H. The minimum atomic E-state index is -2.29. The van der Waals surface area contributed by atoms with Gasteiger partial charge in [0.25, 0.3) is 6.08 Å². The molecule has 0 atom stereocenters. The van der Waals surface area contributed by atoms with Crippen molar-refractivity contribution in [3.05, 3.63) is 12.4 Å². The number of rotatable bonds is 0. The van der Waals surface area contributed by atoms with Crippen molar-refractivity contribution in [1.29, 1.82) is 0 Å². The third-order valence-corrected chi connectivity index (χ3v) is 0.0825. The van der Waals surface area contributed by atoms with Gasteiger partial charge in [0.2, 0.25) is 0 Å². The summed E-state index contributed by atoms with van der Waals surface area (Å²) < 4.78 is 30.7. The summed E-state index contributed by atoms with van der Waals surface area (Å²) in [4.78, 5) is 0. The minimum absolute atomic E-state index is 0. The van der Waals surface area contributed by atoms with E-state index in [1.807, 2.05) is 0 Å². The molecule has 0 amide bonds. The molecule has 0 unspecified atom stereocenters. The van der Waals surface area contributed by atoms with E-state index in [-0.39, 0.29) is 17.0 Å². The lowest BCUT2D eigenvalue weighted by molar-refractivity contribution is 0.400. The minimum Gasteiger partial charge on any atom is -0.210 e. The van der Waals surface area contributed by atoms with E-state index in [1.165, 1.54) is 0 Å². The van der Waals surface area contributed by atoms with Crippen molar-refractivity contribution < 1.29 is 13.2 Å². The Bertz CT molecular complexity index is 46.8. The van der Waals surface area contributed by atoms with Gasteiger partial charge in [-0.1, -0.05) is 0 Å². The highest BCUT2D eigenvalue weighted by molar-refractivity contribution is 8.93. The van der Waals surface area contributed by atoms with E-state index in [0.29, 0.717) is 0 Å². The molecule has 0 bridgehead atoms. The van der Waals surface area contributed by atoms with E-state index in [2.05, 4.69) is 0 Å². The van der Waals surface area contributed by atoms with Gasteiger partial charge in [0.05, 0.1) is 0 Å². The van der Waals surface area contributed by atoms with Gasteiger partial charge in [-0.25, -0.2) is 4.39 Å². The molecule has 6 heavy (non-hydrogen) atoms. The Balaban J connectivity index is 0. The zero-order valence-electron chi connectivity index (χ0n) is 2.62. The summed E-state index contributed by atoms with van der Waals surface area (Å²) in [7, 11) is 0. The predicted octanol–water partition coefficient (Wildman–Crippen LogP) is 2.27. The van der Waals surface area contributed by atoms with E-state index in [1.54, 1.807) is 0 Å². The second-order valence-electron chi connectivity index (χ2n) is 0.399. The third-order valence-electron chi connectivity index (χ3n) is 0.0825. The molecule has 0 nitrogen and oxygen atoms in total. The molecular formula is C2H2BrF3. The first kappa shape index (κ1) is 9.38. The summed E-state index contributed by atoms with van der Waals surface area (Å²) in [6.07, 6.45) is -3.04. The SMILES string of the molecule is Br.FC=C(F)F. The Morgan fingerprint density at radius 1 is 1.33 bits per heavy atom. The molecule has 0 aliphatic rings. The fourth-order valence-electron chi connectivity index (χ4n) is 0. The van der Waals surface area contributed by atoms with Gasteiger partial charge in [0.15, 0.2) is 6.33 Å². The molecule has 0 aromatic rings. The van der Waals surface area contributed by atoms with Crippen LogP contribution < -0.4 is 0 Å². The summed E-state index contributed by atoms with van der Waals surface area (Å²) >= 11 is 0. The van der Waals surface area contributed by atoms with Gasteiger partial charge in [0.1, 0.15) is 0 Å². The van der Waals surface area contributed by atoms with Gasteiger partial charge >= 0.3 is 0 Å². The van der Waals surface area contributed by atoms with Gasteiger partial charge in [0, 0.05) is 0 Å². The first-order chi connectivity index (χ1) is 2.27. The van der Waals surface area contributed by atoms with Crippen LogP contribution in [0.15, 0.2) is 12.4 Å². The quantitative estimate of drug-likeness (QED) is 0.513. The lowest BCUT2D eigenvalue weighted by Gasteiger charge is -1.59. The second-order valence-corrected chi connectivity index (χ2v) is 0.399. The lowest BCUT2D eigenvalue weighted by Crippen LogP contribution is -1.42. The van der Waals surface area contributed by atoms with Gasteiger partial charge < -0.3 is 0 Å². The molecular weight excluding hydrogens is 161 g/mol. The molecule has 0 fully saturated rings. The maximum absolute atomic E-state index is 10.2. The largest absolute Gasteiger partial charge is 0.298 e. The van der Waals surface area contributed by atoms with E-state index >= 15 is 0 Å². The highest BCUT2D eigenvalue weighted by atomic mass is 79.9. The summed E-state index contributed by atoms with van der Waals surface area (Å²) in [5.74, 6) is 0. The smallest absolute Gasteiger partial charge is 0.210 e. The topological polar surface area (TPSA) is 0 Å². The molecule has 0 rings (SSSR count). The van der Waals surface area contributed by atoms with Crippen LogP contribution in [0.5, 0.6) is 0 Å². The second kappa shape index (κ2) is 5.01. The molecule has 4 heteroatoms. The molecule has 0 saturated heterocycles. The van der Waals surface area contributed by atoms with Crippen molar-refractivity contribution in [2.75, 3.05) is 0 Å².